The quantitative estimate of drug-likeness (QED) is 0.891. The average Bonchev–Trinajstić information content (AvgIpc) is 3.26. The third-order valence-corrected chi connectivity index (χ3v) is 5.23. The number of imidazole rings is 1. The van der Waals surface area contributed by atoms with Gasteiger partial charge in [0.2, 0.25) is 5.91 Å². The fourth-order valence-electron chi connectivity index (χ4n) is 3.68. The minimum Gasteiger partial charge on any atom is -0.365 e. The molecule has 1 saturated heterocycles. The second kappa shape index (κ2) is 6.70. The van der Waals surface area contributed by atoms with Crippen molar-refractivity contribution in [1.82, 2.24) is 24.4 Å². The van der Waals surface area contributed by atoms with Gasteiger partial charge in [-0.05, 0) is 19.8 Å². The van der Waals surface area contributed by atoms with Crippen LogP contribution in [0.1, 0.15) is 55.2 Å². The van der Waals surface area contributed by atoms with Crippen molar-refractivity contribution in [1.29, 1.82) is 0 Å². The summed E-state index contributed by atoms with van der Waals surface area (Å²) < 4.78 is 1.96. The van der Waals surface area contributed by atoms with Crippen molar-refractivity contribution in [2.45, 2.75) is 51.0 Å². The Bertz CT molecular complexity index is 812. The first-order valence-electron chi connectivity index (χ1n) is 9.41. The van der Waals surface area contributed by atoms with Crippen molar-refractivity contribution in [2.75, 3.05) is 18.4 Å². The van der Waals surface area contributed by atoms with E-state index in [2.05, 4.69) is 15.3 Å². The van der Waals surface area contributed by atoms with Crippen molar-refractivity contribution in [3.05, 3.63) is 35.8 Å². The normalized spacial score (nSPS) is 22.7. The highest BCUT2D eigenvalue weighted by Gasteiger charge is 2.37. The first-order chi connectivity index (χ1) is 12.5. The Morgan fingerprint density at radius 2 is 2.12 bits per heavy atom. The third-order valence-electron chi connectivity index (χ3n) is 5.23. The van der Waals surface area contributed by atoms with Gasteiger partial charge in [-0.15, -0.1) is 0 Å². The maximum atomic E-state index is 12.2. The van der Waals surface area contributed by atoms with Crippen LogP contribution in [0.4, 0.5) is 5.82 Å². The Morgan fingerprint density at radius 1 is 1.31 bits per heavy atom. The number of carbonyl (C=O) groups is 1. The largest absolute Gasteiger partial charge is 0.365 e. The molecule has 1 aliphatic heterocycles. The molecule has 2 atom stereocenters. The van der Waals surface area contributed by atoms with Gasteiger partial charge >= 0.3 is 0 Å². The monoisotopic (exact) mass is 354 g/mol. The minimum atomic E-state index is 0.0988. The molecule has 1 aliphatic carbocycles. The molecule has 0 aromatic carbocycles. The summed E-state index contributed by atoms with van der Waals surface area (Å²) in [6.45, 7) is 5.29. The first-order valence-corrected chi connectivity index (χ1v) is 9.41. The molecule has 1 N–H and O–H groups in total. The topological polar surface area (TPSA) is 75.9 Å². The molecule has 0 unspecified atom stereocenters. The van der Waals surface area contributed by atoms with Crippen LogP contribution in [-0.4, -0.2) is 49.5 Å². The fourth-order valence-corrected chi connectivity index (χ4v) is 3.68. The predicted octanol–water partition coefficient (Wildman–Crippen LogP) is 2.21. The Morgan fingerprint density at radius 3 is 2.77 bits per heavy atom. The number of amides is 1. The van der Waals surface area contributed by atoms with Gasteiger partial charge in [0.1, 0.15) is 11.6 Å². The number of aryl methyl sites for hydroxylation is 2. The van der Waals surface area contributed by atoms with Crippen LogP contribution in [0.5, 0.6) is 0 Å². The Labute approximate surface area is 153 Å². The molecule has 2 aromatic heterocycles. The smallest absolute Gasteiger partial charge is 0.222 e. The molecular weight excluding hydrogens is 328 g/mol. The van der Waals surface area contributed by atoms with E-state index in [1.165, 1.54) is 12.8 Å². The highest BCUT2D eigenvalue weighted by Crippen LogP contribution is 2.38. The number of carbonyl (C=O) groups excluding carboxylic acids is 1. The molecule has 0 bridgehead atoms. The molecule has 2 aromatic rings. The number of rotatable bonds is 5. The van der Waals surface area contributed by atoms with Gasteiger partial charge in [0.25, 0.3) is 0 Å². The van der Waals surface area contributed by atoms with E-state index in [-0.39, 0.29) is 17.9 Å². The number of aromatic nitrogens is 4. The van der Waals surface area contributed by atoms with E-state index in [0.29, 0.717) is 25.4 Å². The maximum Gasteiger partial charge on any atom is 0.222 e. The van der Waals surface area contributed by atoms with Crippen LogP contribution in [0.3, 0.4) is 0 Å². The predicted molar refractivity (Wildman–Crippen MR) is 99.0 cm³/mol. The van der Waals surface area contributed by atoms with Gasteiger partial charge in [0.15, 0.2) is 0 Å². The number of anilines is 1. The highest BCUT2D eigenvalue weighted by atomic mass is 16.2. The molecule has 1 saturated carbocycles. The van der Waals surface area contributed by atoms with Crippen LogP contribution < -0.4 is 5.32 Å². The summed E-state index contributed by atoms with van der Waals surface area (Å²) in [6.07, 6.45) is 6.75. The summed E-state index contributed by atoms with van der Waals surface area (Å²) in [5.41, 5.74) is 2.00. The van der Waals surface area contributed by atoms with Gasteiger partial charge in [-0.25, -0.2) is 15.0 Å². The van der Waals surface area contributed by atoms with E-state index in [0.717, 1.165) is 23.0 Å². The average molecular weight is 354 g/mol. The molecule has 0 spiro atoms. The Balaban J connectivity index is 1.58. The zero-order valence-electron chi connectivity index (χ0n) is 15.6. The van der Waals surface area contributed by atoms with Crippen molar-refractivity contribution in [3.63, 3.8) is 0 Å². The van der Waals surface area contributed by atoms with E-state index in [4.69, 9.17) is 4.98 Å². The summed E-state index contributed by atoms with van der Waals surface area (Å²) in [4.78, 5) is 28.0. The molecule has 0 radical (unpaired) electrons. The van der Waals surface area contributed by atoms with Gasteiger partial charge in [0.05, 0.1) is 18.1 Å². The van der Waals surface area contributed by atoms with Crippen molar-refractivity contribution >= 4 is 11.7 Å². The number of nitrogens with one attached hydrogen (secondary N) is 1. The summed E-state index contributed by atoms with van der Waals surface area (Å²) in [6, 6.07) is 2.09. The summed E-state index contributed by atoms with van der Waals surface area (Å²) >= 11 is 0. The van der Waals surface area contributed by atoms with Crippen LogP contribution in [-0.2, 0) is 11.8 Å². The van der Waals surface area contributed by atoms with E-state index >= 15 is 0 Å². The number of hydrogen-bond acceptors (Lipinski definition) is 5. The second-order valence-corrected chi connectivity index (χ2v) is 7.50. The van der Waals surface area contributed by atoms with E-state index in [9.17, 15) is 4.79 Å². The summed E-state index contributed by atoms with van der Waals surface area (Å²) in [5, 5.41) is 3.58. The summed E-state index contributed by atoms with van der Waals surface area (Å²) in [7, 11) is 1.97. The zero-order valence-corrected chi connectivity index (χ0v) is 15.6. The lowest BCUT2D eigenvalue weighted by molar-refractivity contribution is -0.129. The minimum absolute atomic E-state index is 0.0988. The first kappa shape index (κ1) is 17.0. The molecular formula is C19H26N6O. The molecule has 7 heteroatoms. The number of nitrogens with zero attached hydrogens (tertiary/aromatic N) is 5. The van der Waals surface area contributed by atoms with Crippen molar-refractivity contribution in [3.8, 4) is 0 Å². The van der Waals surface area contributed by atoms with Crippen LogP contribution in [0.25, 0.3) is 0 Å². The molecule has 1 amide bonds. The Kier molecular flexibility index (Phi) is 4.38. The molecule has 3 heterocycles. The van der Waals surface area contributed by atoms with Crippen LogP contribution >= 0.6 is 0 Å². The highest BCUT2D eigenvalue weighted by molar-refractivity contribution is 5.76. The number of likely N-dealkylation sites (tertiary alicyclic amines) is 1. The van der Waals surface area contributed by atoms with E-state index < -0.39 is 0 Å². The van der Waals surface area contributed by atoms with Crippen LogP contribution in [0, 0.1) is 6.92 Å². The second-order valence-electron chi connectivity index (χ2n) is 7.50. The third kappa shape index (κ3) is 3.43. The lowest BCUT2D eigenvalue weighted by atomic mass is 10.0. The lowest BCUT2D eigenvalue weighted by Crippen LogP contribution is -2.31. The van der Waals surface area contributed by atoms with Gasteiger partial charge in [0, 0.05) is 56.4 Å². The van der Waals surface area contributed by atoms with E-state index in [1.807, 2.05) is 49.0 Å². The van der Waals surface area contributed by atoms with Gasteiger partial charge in [-0.3, -0.25) is 4.79 Å². The number of hydrogen-bond donors (Lipinski definition) is 1. The SMILES string of the molecule is CCC(=O)N1C[C@@H](Nc2cc(C)nc(C3CC3)n2)[C@H](c2cn(C)cn2)C1. The molecule has 138 valence electrons. The molecule has 26 heavy (non-hydrogen) atoms. The van der Waals surface area contributed by atoms with E-state index in [1.54, 1.807) is 0 Å². The fraction of sp³-hybridized carbons (Fsp3) is 0.579. The lowest BCUT2D eigenvalue weighted by Gasteiger charge is -2.19. The van der Waals surface area contributed by atoms with Gasteiger partial charge < -0.3 is 14.8 Å². The van der Waals surface area contributed by atoms with Crippen LogP contribution in [0.15, 0.2) is 18.6 Å². The van der Waals surface area contributed by atoms with Crippen LogP contribution in [0.2, 0.25) is 0 Å². The van der Waals surface area contributed by atoms with Crippen molar-refractivity contribution < 1.29 is 4.79 Å². The molecule has 7 nitrogen and oxygen atoms in total. The standard InChI is InChI=1S/C19H26N6O/c1-4-18(26)25-8-14(15-9-24(3)11-20-15)16(10-25)22-17-7-12(2)21-19(23-17)13-5-6-13/h7,9,11,13-14,16H,4-6,8,10H2,1-3H3,(H,21,22,23)/t14-,16+/m0/s1. The molecule has 2 aliphatic rings. The molecule has 2 fully saturated rings. The van der Waals surface area contributed by atoms with Crippen molar-refractivity contribution in [2.24, 2.45) is 7.05 Å². The maximum absolute atomic E-state index is 12.2. The van der Waals surface area contributed by atoms with Gasteiger partial charge in [-0.2, -0.15) is 0 Å². The van der Waals surface area contributed by atoms with Gasteiger partial charge in [-0.1, -0.05) is 6.92 Å². The zero-order chi connectivity index (χ0) is 18.3. The Hall–Kier alpha value is -2.44. The summed E-state index contributed by atoms with van der Waals surface area (Å²) in [5.74, 6) is 2.67. The molecule has 4 rings (SSSR count).